The van der Waals surface area contributed by atoms with Crippen molar-refractivity contribution in [1.29, 1.82) is 5.26 Å². The highest BCUT2D eigenvalue weighted by molar-refractivity contribution is 5.96. The second-order valence-corrected chi connectivity index (χ2v) is 17.0. The summed E-state index contributed by atoms with van der Waals surface area (Å²) < 4.78 is 13.7. The molecule has 3 aromatic carbocycles. The predicted octanol–water partition coefficient (Wildman–Crippen LogP) is 5.55. The molecule has 15 heteroatoms. The topological polar surface area (TPSA) is 239 Å². The van der Waals surface area contributed by atoms with Crippen molar-refractivity contribution in [1.82, 2.24) is 19.8 Å². The number of ketones is 2. The van der Waals surface area contributed by atoms with Crippen molar-refractivity contribution in [3.63, 3.8) is 0 Å². The van der Waals surface area contributed by atoms with Crippen LogP contribution in [0.4, 0.5) is 0 Å². The number of benzene rings is 3. The number of carbonyl (C=O) groups is 4. The van der Waals surface area contributed by atoms with Gasteiger partial charge in [-0.3, -0.25) is 28.5 Å². The van der Waals surface area contributed by atoms with E-state index in [0.717, 1.165) is 24.8 Å². The zero-order valence-corrected chi connectivity index (χ0v) is 38.4. The van der Waals surface area contributed by atoms with Crippen LogP contribution in [0.25, 0.3) is 22.0 Å². The lowest BCUT2D eigenvalue weighted by Crippen LogP contribution is -2.46. The summed E-state index contributed by atoms with van der Waals surface area (Å²) in [5.41, 5.74) is 21.3. The summed E-state index contributed by atoms with van der Waals surface area (Å²) >= 11 is 0. The van der Waals surface area contributed by atoms with E-state index in [2.05, 4.69) is 12.2 Å². The SMILES string of the molecule is CCCCCCCCc1ccc2c(=O)n([C@@H](CCN)C(=O)N(C)[C@@H]3C(=O)C[C@@H](C)C(=O)N[C@H](C(=O)CCC#N)Cc4ccc(OCCN)c(c4)-c4cc3ccc4OCCN)c(C)nc2c1. The van der Waals surface area contributed by atoms with Crippen LogP contribution in [-0.2, 0) is 32.0 Å². The minimum absolute atomic E-state index is 0.0284. The number of nitrogens with one attached hydrogen (secondary N) is 1. The molecule has 65 heavy (non-hydrogen) atoms. The molecule has 0 aliphatic carbocycles. The maximum Gasteiger partial charge on any atom is 0.262 e. The molecule has 0 saturated heterocycles. The van der Waals surface area contributed by atoms with Gasteiger partial charge in [0, 0.05) is 56.4 Å². The standard InChI is InChI=1S/C50H66N8O7/c1-5-6-7-8-9-10-12-34-14-17-37-40(29-34)55-33(3)58(49(37)62)42(20-22-52)50(63)57(4)47-36-16-19-46(65-26-24-54)39(31-36)38-28-35(15-18-45(38)64-25-23-53)30-41(43(59)13-11-21-51)56-48(61)32(2)27-44(47)60/h14-19,28-29,31-32,41-42,47H,5-13,20,22-27,30,52-54H2,1-4H3,(H,56,61)/t32-,41+,42+,47+/m1/s1. The number of nitrogens with two attached hydrogens (primary N) is 3. The Morgan fingerprint density at radius 2 is 1.58 bits per heavy atom. The third kappa shape index (κ3) is 12.7. The molecule has 1 aromatic heterocycles. The molecule has 0 saturated carbocycles. The summed E-state index contributed by atoms with van der Waals surface area (Å²) in [6.45, 7) is 6.31. The first-order chi connectivity index (χ1) is 31.4. The maximum absolute atomic E-state index is 15.0. The minimum Gasteiger partial charge on any atom is -0.492 e. The average Bonchev–Trinajstić information content (AvgIpc) is 3.29. The van der Waals surface area contributed by atoms with Gasteiger partial charge in [-0.2, -0.15) is 5.26 Å². The van der Waals surface area contributed by atoms with Crippen molar-refractivity contribution in [2.24, 2.45) is 23.1 Å². The van der Waals surface area contributed by atoms with Crippen molar-refractivity contribution in [3.05, 3.63) is 87.5 Å². The molecular formula is C50H66N8O7. The molecule has 5 rings (SSSR count). The first-order valence-corrected chi connectivity index (χ1v) is 23.0. The third-order valence-electron chi connectivity index (χ3n) is 12.0. The highest BCUT2D eigenvalue weighted by Crippen LogP contribution is 2.41. The van der Waals surface area contributed by atoms with Crippen molar-refractivity contribution in [3.8, 4) is 28.7 Å². The highest BCUT2D eigenvalue weighted by atomic mass is 16.5. The van der Waals surface area contributed by atoms with Gasteiger partial charge in [0.2, 0.25) is 11.8 Å². The summed E-state index contributed by atoms with van der Waals surface area (Å²) in [5.74, 6) is -1.62. The van der Waals surface area contributed by atoms with Gasteiger partial charge in [0.25, 0.3) is 5.56 Å². The molecular weight excluding hydrogens is 825 g/mol. The monoisotopic (exact) mass is 891 g/mol. The smallest absolute Gasteiger partial charge is 0.262 e. The summed E-state index contributed by atoms with van der Waals surface area (Å²) in [5, 5.41) is 12.5. The molecule has 4 atom stereocenters. The molecule has 15 nitrogen and oxygen atoms in total. The second kappa shape index (κ2) is 24.4. The van der Waals surface area contributed by atoms with Crippen molar-refractivity contribution in [2.75, 3.05) is 39.9 Å². The Morgan fingerprint density at radius 3 is 2.26 bits per heavy atom. The van der Waals surface area contributed by atoms with Gasteiger partial charge in [-0.15, -0.1) is 0 Å². The van der Waals surface area contributed by atoms with E-state index in [4.69, 9.17) is 31.7 Å². The molecule has 4 aromatic rings. The van der Waals surface area contributed by atoms with E-state index in [0.29, 0.717) is 50.5 Å². The van der Waals surface area contributed by atoms with E-state index >= 15 is 4.79 Å². The Labute approximate surface area is 382 Å². The normalized spacial score (nSPS) is 16.9. The molecule has 0 spiro atoms. The number of unbranched alkanes of at least 4 members (excludes halogenated alkanes) is 5. The number of aryl methyl sites for hydroxylation is 2. The van der Waals surface area contributed by atoms with Crippen LogP contribution in [-0.4, -0.2) is 83.8 Å². The van der Waals surface area contributed by atoms with Crippen LogP contribution in [0.2, 0.25) is 0 Å². The van der Waals surface area contributed by atoms with Crippen molar-refractivity contribution >= 4 is 34.3 Å². The van der Waals surface area contributed by atoms with Gasteiger partial charge in [-0.25, -0.2) is 4.98 Å². The lowest BCUT2D eigenvalue weighted by Gasteiger charge is -2.33. The quantitative estimate of drug-likeness (QED) is 0.0754. The van der Waals surface area contributed by atoms with E-state index in [-0.39, 0.29) is 70.7 Å². The Kier molecular flexibility index (Phi) is 18.8. The van der Waals surface area contributed by atoms with Crippen LogP contribution in [0.15, 0.2) is 59.4 Å². The largest absolute Gasteiger partial charge is 0.492 e. The number of nitriles is 1. The lowest BCUT2D eigenvalue weighted by atomic mass is 9.89. The number of Topliss-reactive ketones (excluding diaryl/α,β-unsaturated/α-hetero) is 2. The summed E-state index contributed by atoms with van der Waals surface area (Å²) in [6, 6.07) is 14.8. The van der Waals surface area contributed by atoms with E-state index in [1.807, 2.05) is 24.3 Å². The number of carbonyl (C=O) groups excluding carboxylic acids is 4. The molecule has 348 valence electrons. The first kappa shape index (κ1) is 50.1. The molecule has 0 unspecified atom stereocenters. The molecule has 0 radical (unpaired) electrons. The lowest BCUT2D eigenvalue weighted by molar-refractivity contribution is -0.142. The van der Waals surface area contributed by atoms with Crippen molar-refractivity contribution < 1.29 is 28.7 Å². The van der Waals surface area contributed by atoms with Gasteiger partial charge in [0.05, 0.1) is 23.0 Å². The van der Waals surface area contributed by atoms with E-state index in [1.54, 1.807) is 50.2 Å². The van der Waals surface area contributed by atoms with Gasteiger partial charge in [-0.1, -0.05) is 64.2 Å². The van der Waals surface area contributed by atoms with Crippen LogP contribution in [0, 0.1) is 24.2 Å². The highest BCUT2D eigenvalue weighted by Gasteiger charge is 2.37. The molecule has 4 bridgehead atoms. The number of nitrogens with zero attached hydrogens (tertiary/aromatic N) is 4. The fourth-order valence-electron chi connectivity index (χ4n) is 8.58. The Balaban J connectivity index is 1.62. The number of aromatic nitrogens is 2. The number of rotatable bonds is 21. The summed E-state index contributed by atoms with van der Waals surface area (Å²) in [4.78, 5) is 77.8. The van der Waals surface area contributed by atoms with E-state index in [1.165, 1.54) is 42.2 Å². The van der Waals surface area contributed by atoms with Gasteiger partial charge >= 0.3 is 0 Å². The number of amides is 2. The Hall–Kier alpha value is -5.95. The Bertz CT molecular complexity index is 2410. The number of likely N-dealkylation sites (N-methyl/N-ethyl adjacent to an activating group) is 1. The number of fused-ring (bicyclic) bond motifs is 6. The fraction of sp³-hybridized carbons (Fsp3) is 0.500. The molecule has 1 aliphatic rings. The minimum atomic E-state index is -1.26. The molecule has 7 N–H and O–H groups in total. The fourth-order valence-corrected chi connectivity index (χ4v) is 8.58. The summed E-state index contributed by atoms with van der Waals surface area (Å²) in [6.07, 6.45) is 7.66. The number of hydrogen-bond acceptors (Lipinski definition) is 12. The second-order valence-electron chi connectivity index (χ2n) is 17.0. The zero-order chi connectivity index (χ0) is 47.0. The maximum atomic E-state index is 15.0. The predicted molar refractivity (Wildman–Crippen MR) is 251 cm³/mol. The van der Waals surface area contributed by atoms with E-state index < -0.39 is 47.2 Å². The van der Waals surface area contributed by atoms with Gasteiger partial charge < -0.3 is 36.9 Å². The van der Waals surface area contributed by atoms with Crippen LogP contribution in [0.1, 0.15) is 113 Å². The molecule has 2 heterocycles. The first-order valence-electron chi connectivity index (χ1n) is 23.0. The van der Waals surface area contributed by atoms with E-state index in [9.17, 15) is 24.4 Å². The number of ether oxygens (including phenoxy) is 2. The van der Waals surface area contributed by atoms with Crippen LogP contribution in [0.5, 0.6) is 11.5 Å². The van der Waals surface area contributed by atoms with Crippen LogP contribution in [0.3, 0.4) is 0 Å². The third-order valence-corrected chi connectivity index (χ3v) is 12.0. The zero-order valence-electron chi connectivity index (χ0n) is 38.4. The van der Waals surface area contributed by atoms with Gasteiger partial charge in [0.1, 0.15) is 42.6 Å². The molecule has 0 fully saturated rings. The van der Waals surface area contributed by atoms with Gasteiger partial charge in [0.15, 0.2) is 11.6 Å². The van der Waals surface area contributed by atoms with Crippen LogP contribution < -0.4 is 37.6 Å². The van der Waals surface area contributed by atoms with Crippen LogP contribution >= 0.6 is 0 Å². The molecule has 2 amide bonds. The number of hydrogen-bond donors (Lipinski definition) is 4. The van der Waals surface area contributed by atoms with Crippen molar-refractivity contribution in [2.45, 2.75) is 116 Å². The Morgan fingerprint density at radius 1 is 0.908 bits per heavy atom. The average molecular weight is 891 g/mol. The van der Waals surface area contributed by atoms with Gasteiger partial charge in [-0.05, 0) is 92.2 Å². The summed E-state index contributed by atoms with van der Waals surface area (Å²) in [7, 11) is 1.50. The molecule has 1 aliphatic heterocycles.